The van der Waals surface area contributed by atoms with E-state index in [2.05, 4.69) is 5.32 Å². The van der Waals surface area contributed by atoms with Crippen LogP contribution >= 0.6 is 11.3 Å². The quantitative estimate of drug-likeness (QED) is 0.699. The van der Waals surface area contributed by atoms with Crippen molar-refractivity contribution in [1.29, 1.82) is 0 Å². The average Bonchev–Trinajstić information content (AvgIpc) is 3.21. The van der Waals surface area contributed by atoms with Crippen molar-refractivity contribution in [1.82, 2.24) is 5.32 Å². The summed E-state index contributed by atoms with van der Waals surface area (Å²) in [5.41, 5.74) is 1.68. The van der Waals surface area contributed by atoms with E-state index in [9.17, 15) is 9.90 Å². The Bertz CT molecular complexity index is 998. The van der Waals surface area contributed by atoms with E-state index in [1.807, 2.05) is 60.0 Å². The number of rotatable bonds is 3. The number of carbonyl (C=O) groups is 1. The van der Waals surface area contributed by atoms with Gasteiger partial charge in [-0.15, -0.1) is 11.3 Å². The number of hydrogen-bond acceptors (Lipinski definition) is 4. The van der Waals surface area contributed by atoms with Crippen molar-refractivity contribution in [3.8, 4) is 11.5 Å². The molecule has 1 atom stereocenters. The molecule has 2 N–H and O–H groups in total. The first kappa shape index (κ1) is 17.5. The number of hydrogen-bond donors (Lipinski definition) is 2. The third-order valence-corrected chi connectivity index (χ3v) is 6.72. The van der Waals surface area contributed by atoms with Gasteiger partial charge in [0.05, 0.1) is 12.5 Å². The summed E-state index contributed by atoms with van der Waals surface area (Å²) in [5, 5.41) is 16.3. The largest absolute Gasteiger partial charge is 0.457 e. The topological polar surface area (TPSA) is 58.6 Å². The third-order valence-electron chi connectivity index (χ3n) is 5.74. The van der Waals surface area contributed by atoms with E-state index in [4.69, 9.17) is 4.74 Å². The van der Waals surface area contributed by atoms with Crippen LogP contribution in [0.1, 0.15) is 40.3 Å². The molecule has 0 bridgehead atoms. The molecule has 1 aromatic heterocycles. The Morgan fingerprint density at radius 1 is 1.11 bits per heavy atom. The molecule has 4 nitrogen and oxygen atoms in total. The number of nitrogens with one attached hydrogen (secondary N) is 1. The lowest BCUT2D eigenvalue weighted by Crippen LogP contribution is -2.44. The molecule has 0 spiro atoms. The number of carbonyl (C=O) groups excluding carboxylic acids is 1. The van der Waals surface area contributed by atoms with Crippen LogP contribution in [0.2, 0.25) is 0 Å². The fourth-order valence-corrected chi connectivity index (χ4v) is 5.35. The van der Waals surface area contributed by atoms with Crippen molar-refractivity contribution in [3.63, 3.8) is 0 Å². The van der Waals surface area contributed by atoms with Gasteiger partial charge < -0.3 is 15.2 Å². The van der Waals surface area contributed by atoms with Gasteiger partial charge in [-0.05, 0) is 48.4 Å². The molecule has 0 saturated carbocycles. The van der Waals surface area contributed by atoms with E-state index in [0.29, 0.717) is 17.9 Å². The molecule has 1 unspecified atom stereocenters. The van der Waals surface area contributed by atoms with E-state index < -0.39 is 11.5 Å². The number of thiophene rings is 1. The standard InChI is InChI=1S/C23H21NO3S/c25-22(24-14-23(26)12-5-10-20-17(23)11-13-28-20)21-15-6-1-3-8-18(15)27-19-9-4-2-7-16(19)21/h1-4,6-9,11,13,21,26H,5,10,12,14H2,(H,24,25). The molecule has 1 aliphatic heterocycles. The van der Waals surface area contributed by atoms with Gasteiger partial charge in [-0.2, -0.15) is 0 Å². The monoisotopic (exact) mass is 391 g/mol. The number of aryl methyl sites for hydroxylation is 1. The van der Waals surface area contributed by atoms with Crippen LogP contribution in [0.4, 0.5) is 0 Å². The second-order valence-corrected chi connectivity index (χ2v) is 8.47. The Balaban J connectivity index is 1.44. The zero-order chi connectivity index (χ0) is 19.1. The van der Waals surface area contributed by atoms with Crippen LogP contribution in [0.25, 0.3) is 0 Å². The van der Waals surface area contributed by atoms with Crippen LogP contribution in [0.15, 0.2) is 60.0 Å². The molecule has 5 rings (SSSR count). The van der Waals surface area contributed by atoms with Gasteiger partial charge in [0.25, 0.3) is 0 Å². The second-order valence-electron chi connectivity index (χ2n) is 7.47. The first-order chi connectivity index (χ1) is 13.7. The van der Waals surface area contributed by atoms with Crippen molar-refractivity contribution < 1.29 is 14.6 Å². The molecule has 0 radical (unpaired) electrons. The minimum atomic E-state index is -0.993. The zero-order valence-corrected chi connectivity index (χ0v) is 16.2. The molecule has 2 heterocycles. The van der Waals surface area contributed by atoms with Crippen LogP contribution in [-0.2, 0) is 16.8 Å². The number of fused-ring (bicyclic) bond motifs is 3. The number of aliphatic hydroxyl groups is 1. The van der Waals surface area contributed by atoms with E-state index in [1.165, 1.54) is 4.88 Å². The van der Waals surface area contributed by atoms with Gasteiger partial charge >= 0.3 is 0 Å². The van der Waals surface area contributed by atoms with Gasteiger partial charge in [0.2, 0.25) is 5.91 Å². The highest BCUT2D eigenvalue weighted by Crippen LogP contribution is 2.44. The third kappa shape index (κ3) is 2.82. The van der Waals surface area contributed by atoms with Crippen LogP contribution in [0.3, 0.4) is 0 Å². The molecule has 3 aromatic rings. The van der Waals surface area contributed by atoms with Gasteiger partial charge in [-0.3, -0.25) is 4.79 Å². The van der Waals surface area contributed by atoms with Crippen molar-refractivity contribution >= 4 is 17.2 Å². The highest BCUT2D eigenvalue weighted by Gasteiger charge is 2.38. The predicted octanol–water partition coefficient (Wildman–Crippen LogP) is 4.33. The summed E-state index contributed by atoms with van der Waals surface area (Å²) >= 11 is 1.68. The normalized spacial score (nSPS) is 20.5. The van der Waals surface area contributed by atoms with E-state index >= 15 is 0 Å². The second kappa shape index (κ2) is 6.76. The molecule has 0 saturated heterocycles. The van der Waals surface area contributed by atoms with Gasteiger partial charge in [0.1, 0.15) is 17.1 Å². The van der Waals surface area contributed by atoms with Crippen LogP contribution in [0.5, 0.6) is 11.5 Å². The molecular formula is C23H21NO3S. The molecule has 2 aliphatic rings. The zero-order valence-electron chi connectivity index (χ0n) is 15.4. The summed E-state index contributed by atoms with van der Waals surface area (Å²) < 4.78 is 5.98. The summed E-state index contributed by atoms with van der Waals surface area (Å²) in [6.45, 7) is 0.220. The fraction of sp³-hybridized carbons (Fsp3) is 0.261. The summed E-state index contributed by atoms with van der Waals surface area (Å²) in [5.74, 6) is 0.852. The summed E-state index contributed by atoms with van der Waals surface area (Å²) in [6, 6.07) is 17.3. The predicted molar refractivity (Wildman–Crippen MR) is 109 cm³/mol. The van der Waals surface area contributed by atoms with Gasteiger partial charge in [0, 0.05) is 16.0 Å². The first-order valence-electron chi connectivity index (χ1n) is 9.58. The maximum atomic E-state index is 13.3. The fourth-order valence-electron chi connectivity index (χ4n) is 4.34. The Morgan fingerprint density at radius 2 is 1.79 bits per heavy atom. The van der Waals surface area contributed by atoms with Crippen LogP contribution < -0.4 is 10.1 Å². The SMILES string of the molecule is O=C(NCC1(O)CCCc2sccc21)C1c2ccccc2Oc2ccccc21. The lowest BCUT2D eigenvalue weighted by molar-refractivity contribution is -0.123. The van der Waals surface area contributed by atoms with Crippen molar-refractivity contribution in [2.45, 2.75) is 30.8 Å². The minimum absolute atomic E-state index is 0.112. The maximum absolute atomic E-state index is 13.3. The van der Waals surface area contributed by atoms with Gasteiger partial charge in [-0.1, -0.05) is 36.4 Å². The van der Waals surface area contributed by atoms with Gasteiger partial charge in [-0.25, -0.2) is 0 Å². The molecule has 1 amide bonds. The highest BCUT2D eigenvalue weighted by atomic mass is 32.1. The number of benzene rings is 2. The van der Waals surface area contributed by atoms with E-state index in [0.717, 1.165) is 29.5 Å². The summed E-state index contributed by atoms with van der Waals surface area (Å²) in [7, 11) is 0. The molecule has 2 aromatic carbocycles. The van der Waals surface area contributed by atoms with Crippen molar-refractivity contribution in [2.75, 3.05) is 6.54 Å². The molecule has 5 heteroatoms. The Morgan fingerprint density at radius 3 is 2.50 bits per heavy atom. The molecule has 0 fully saturated rings. The number of ether oxygens (including phenoxy) is 1. The van der Waals surface area contributed by atoms with Crippen LogP contribution in [-0.4, -0.2) is 17.6 Å². The molecule has 142 valence electrons. The van der Waals surface area contributed by atoms with Crippen molar-refractivity contribution in [2.24, 2.45) is 0 Å². The van der Waals surface area contributed by atoms with Gasteiger partial charge in [0.15, 0.2) is 0 Å². The van der Waals surface area contributed by atoms with E-state index in [-0.39, 0.29) is 12.5 Å². The van der Waals surface area contributed by atoms with E-state index in [1.54, 1.807) is 11.3 Å². The molecular weight excluding hydrogens is 370 g/mol. The Labute approximate surface area is 167 Å². The highest BCUT2D eigenvalue weighted by molar-refractivity contribution is 7.10. The number of para-hydroxylation sites is 2. The van der Waals surface area contributed by atoms with Crippen LogP contribution in [0, 0.1) is 0 Å². The lowest BCUT2D eigenvalue weighted by atomic mass is 9.82. The lowest BCUT2D eigenvalue weighted by Gasteiger charge is -2.34. The molecule has 28 heavy (non-hydrogen) atoms. The first-order valence-corrected chi connectivity index (χ1v) is 10.5. The smallest absolute Gasteiger partial charge is 0.232 e. The Kier molecular flexibility index (Phi) is 4.22. The summed E-state index contributed by atoms with van der Waals surface area (Å²) in [6.07, 6.45) is 2.60. The average molecular weight is 391 g/mol. The minimum Gasteiger partial charge on any atom is -0.457 e. The maximum Gasteiger partial charge on any atom is 0.232 e. The number of amides is 1. The Hall–Kier alpha value is -2.63. The van der Waals surface area contributed by atoms with Crippen molar-refractivity contribution in [3.05, 3.63) is 81.5 Å². The molecule has 1 aliphatic carbocycles. The summed E-state index contributed by atoms with van der Waals surface area (Å²) in [4.78, 5) is 14.5.